The molecule has 4 nitrogen and oxygen atoms in total. The summed E-state index contributed by atoms with van der Waals surface area (Å²) in [5, 5.41) is 8.18. The van der Waals surface area contributed by atoms with E-state index in [1.807, 2.05) is 6.07 Å². The number of rotatable bonds is 1. The molecule has 0 fully saturated rings. The number of aryl methyl sites for hydroxylation is 1. The van der Waals surface area contributed by atoms with Gasteiger partial charge in [0.05, 0.1) is 0 Å². The Morgan fingerprint density at radius 1 is 1.56 bits per heavy atom. The first-order valence-corrected chi connectivity index (χ1v) is 5.17. The molecule has 0 radical (unpaired) electrons. The molecule has 88 valence electrons. The molecule has 1 rings (SSSR count). The molecule has 0 atom stereocenters. The summed E-state index contributed by atoms with van der Waals surface area (Å²) in [6, 6.07) is 3.79. The van der Waals surface area contributed by atoms with Crippen LogP contribution in [0.1, 0.15) is 19.4 Å². The first-order valence-electron chi connectivity index (χ1n) is 4.79. The molecule has 0 aromatic carbocycles. The predicted octanol–water partition coefficient (Wildman–Crippen LogP) is 2.43. The fourth-order valence-corrected chi connectivity index (χ4v) is 0.785. The molecule has 0 aliphatic carbocycles. The maximum absolute atomic E-state index is 7.62. The zero-order valence-corrected chi connectivity index (χ0v) is 10.6. The summed E-state index contributed by atoms with van der Waals surface area (Å²) in [7, 11) is 1.50. The molecule has 1 aromatic rings. The van der Waals surface area contributed by atoms with E-state index in [2.05, 4.69) is 22.6 Å². The normalized spacial score (nSPS) is 8.25. The number of nitrogens with two attached hydrogens (primary N) is 1. The Labute approximate surface area is 102 Å². The first kappa shape index (κ1) is 17.0. The molecule has 0 amide bonds. The van der Waals surface area contributed by atoms with Gasteiger partial charge in [-0.2, -0.15) is 10.3 Å². The van der Waals surface area contributed by atoms with Crippen LogP contribution in [0.25, 0.3) is 0 Å². The van der Waals surface area contributed by atoms with E-state index < -0.39 is 0 Å². The van der Waals surface area contributed by atoms with E-state index in [0.717, 1.165) is 6.42 Å². The van der Waals surface area contributed by atoms with Crippen molar-refractivity contribution in [2.24, 2.45) is 10.7 Å². The number of aromatic nitrogens is 1. The van der Waals surface area contributed by atoms with Crippen LogP contribution in [-0.4, -0.2) is 18.2 Å². The van der Waals surface area contributed by atoms with Crippen molar-refractivity contribution >= 4 is 17.8 Å². The van der Waals surface area contributed by atoms with E-state index in [-0.39, 0.29) is 0 Å². The molecular formula is C11H17ClN4. The van der Waals surface area contributed by atoms with Gasteiger partial charge in [0.1, 0.15) is 5.15 Å². The third-order valence-corrected chi connectivity index (χ3v) is 1.61. The number of pyridine rings is 1. The zero-order chi connectivity index (χ0) is 12.8. The van der Waals surface area contributed by atoms with Crippen molar-refractivity contribution in [3.8, 4) is 6.19 Å². The van der Waals surface area contributed by atoms with E-state index >= 15 is 0 Å². The predicted molar refractivity (Wildman–Crippen MR) is 68.5 cm³/mol. The van der Waals surface area contributed by atoms with E-state index in [1.54, 1.807) is 25.4 Å². The van der Waals surface area contributed by atoms with Crippen molar-refractivity contribution in [1.29, 1.82) is 5.26 Å². The largest absolute Gasteiger partial charge is 0.333 e. The third-order valence-electron chi connectivity index (χ3n) is 1.38. The van der Waals surface area contributed by atoms with Gasteiger partial charge in [-0.1, -0.05) is 24.6 Å². The number of hydrogen-bond acceptors (Lipinski definition) is 4. The van der Waals surface area contributed by atoms with Gasteiger partial charge in [0, 0.05) is 12.4 Å². The Morgan fingerprint density at radius 3 is 2.44 bits per heavy atom. The fraction of sp³-hybridized carbons (Fsp3) is 0.364. The highest BCUT2D eigenvalue weighted by molar-refractivity contribution is 6.29. The molecule has 5 heteroatoms. The Morgan fingerprint density at radius 2 is 2.19 bits per heavy atom. The molecule has 1 aromatic heterocycles. The van der Waals surface area contributed by atoms with Gasteiger partial charge in [0.15, 0.2) is 0 Å². The summed E-state index contributed by atoms with van der Waals surface area (Å²) in [6.45, 7) is 3.79. The Hall–Kier alpha value is -1.44. The van der Waals surface area contributed by atoms with Crippen molar-refractivity contribution in [1.82, 2.24) is 4.98 Å². The topological polar surface area (TPSA) is 75.1 Å². The number of halogens is 1. The second kappa shape index (κ2) is 13.6. The summed E-state index contributed by atoms with van der Waals surface area (Å²) < 4.78 is 0. The van der Waals surface area contributed by atoms with E-state index in [4.69, 9.17) is 16.9 Å². The number of aliphatic imine (C=N–C) groups is 1. The van der Waals surface area contributed by atoms with Crippen molar-refractivity contribution < 1.29 is 0 Å². The van der Waals surface area contributed by atoms with Crippen LogP contribution in [0.2, 0.25) is 5.15 Å². The van der Waals surface area contributed by atoms with Crippen LogP contribution in [0.4, 0.5) is 0 Å². The highest BCUT2D eigenvalue weighted by Gasteiger charge is 1.87. The molecule has 0 aliphatic rings. The maximum Gasteiger partial charge on any atom is 0.205 e. The minimum absolute atomic E-state index is 0.562. The van der Waals surface area contributed by atoms with Gasteiger partial charge in [-0.15, -0.1) is 0 Å². The summed E-state index contributed by atoms with van der Waals surface area (Å²) in [5.41, 5.74) is 5.72. The molecule has 0 aliphatic heterocycles. The van der Waals surface area contributed by atoms with Crippen molar-refractivity contribution in [3.63, 3.8) is 0 Å². The molecule has 2 N–H and O–H groups in total. The van der Waals surface area contributed by atoms with Gasteiger partial charge in [-0.05, 0) is 32.0 Å². The van der Waals surface area contributed by atoms with Crippen LogP contribution in [0, 0.1) is 11.5 Å². The molecule has 0 spiro atoms. The second-order valence-electron chi connectivity index (χ2n) is 2.33. The van der Waals surface area contributed by atoms with Crippen LogP contribution in [0.3, 0.4) is 0 Å². The minimum atomic E-state index is 0.562. The average Bonchev–Trinajstić information content (AvgIpc) is 2.34. The lowest BCUT2D eigenvalue weighted by Crippen LogP contribution is -1.80. The Balaban J connectivity index is 0. The van der Waals surface area contributed by atoms with Gasteiger partial charge in [0.25, 0.3) is 0 Å². The monoisotopic (exact) mass is 240 g/mol. The van der Waals surface area contributed by atoms with Gasteiger partial charge < -0.3 is 5.73 Å². The Bertz CT molecular complexity index is 314. The van der Waals surface area contributed by atoms with Crippen molar-refractivity contribution in [2.75, 3.05) is 7.05 Å². The lowest BCUT2D eigenvalue weighted by molar-refractivity contribution is 1.10. The molecule has 0 unspecified atom stereocenters. The zero-order valence-electron chi connectivity index (χ0n) is 9.81. The van der Waals surface area contributed by atoms with Crippen molar-refractivity contribution in [3.05, 3.63) is 29.0 Å². The fourth-order valence-electron chi connectivity index (χ4n) is 0.673. The average molecular weight is 241 g/mol. The maximum atomic E-state index is 7.62. The van der Waals surface area contributed by atoms with E-state index in [1.165, 1.54) is 18.8 Å². The van der Waals surface area contributed by atoms with Crippen LogP contribution in [-0.2, 0) is 6.42 Å². The van der Waals surface area contributed by atoms with Gasteiger partial charge in [0.2, 0.25) is 6.19 Å². The van der Waals surface area contributed by atoms with Gasteiger partial charge in [-0.25, -0.2) is 4.98 Å². The molecule has 1 heterocycles. The van der Waals surface area contributed by atoms with Gasteiger partial charge >= 0.3 is 0 Å². The van der Waals surface area contributed by atoms with Crippen LogP contribution >= 0.6 is 11.6 Å². The third kappa shape index (κ3) is 10.6. The quantitative estimate of drug-likeness (QED) is 0.465. The summed E-state index contributed by atoms with van der Waals surface area (Å²) >= 11 is 5.56. The number of nitrogens with zero attached hydrogens (tertiary/aromatic N) is 3. The lowest BCUT2D eigenvalue weighted by Gasteiger charge is -1.92. The minimum Gasteiger partial charge on any atom is -0.333 e. The highest BCUT2D eigenvalue weighted by Crippen LogP contribution is 2.04. The molecule has 0 saturated heterocycles. The second-order valence-corrected chi connectivity index (χ2v) is 2.72. The summed E-state index contributed by atoms with van der Waals surface area (Å²) in [4.78, 5) is 7.07. The molecular weight excluding hydrogens is 224 g/mol. The van der Waals surface area contributed by atoms with Crippen LogP contribution in [0.5, 0.6) is 0 Å². The lowest BCUT2D eigenvalue weighted by atomic mass is 10.2. The van der Waals surface area contributed by atoms with E-state index in [0.29, 0.717) is 5.15 Å². The first-order chi connectivity index (χ1) is 7.74. The van der Waals surface area contributed by atoms with Crippen LogP contribution in [0.15, 0.2) is 23.3 Å². The molecule has 16 heavy (non-hydrogen) atoms. The number of hydrogen-bond donors (Lipinski definition) is 1. The SMILES string of the molecule is CC=NC#N.CCc1ccc(Cl)nc1.CN. The number of nitriles is 1. The van der Waals surface area contributed by atoms with Gasteiger partial charge in [-0.3, -0.25) is 0 Å². The smallest absolute Gasteiger partial charge is 0.205 e. The summed E-state index contributed by atoms with van der Waals surface area (Å²) in [5.74, 6) is 0. The molecule has 0 bridgehead atoms. The molecule has 0 saturated carbocycles. The highest BCUT2D eigenvalue weighted by atomic mass is 35.5. The standard InChI is InChI=1S/C7H8ClN.C3H4N2.CH5N/c1-2-6-3-4-7(8)9-5-6;1-2-5-3-4;1-2/h3-5H,2H2,1H3;2H,1H3;2H2,1H3. The summed E-state index contributed by atoms with van der Waals surface area (Å²) in [6.07, 6.45) is 5.84. The van der Waals surface area contributed by atoms with Crippen molar-refractivity contribution in [2.45, 2.75) is 20.3 Å². The van der Waals surface area contributed by atoms with Crippen LogP contribution < -0.4 is 5.73 Å². The Kier molecular flexibility index (Phi) is 14.4. The van der Waals surface area contributed by atoms with E-state index in [9.17, 15) is 0 Å².